The summed E-state index contributed by atoms with van der Waals surface area (Å²) in [7, 11) is 3.31. The third-order valence-corrected chi connectivity index (χ3v) is 3.81. The molecular weight excluding hydrogens is 286 g/mol. The number of nitro groups is 1. The van der Waals surface area contributed by atoms with E-state index in [4.69, 9.17) is 4.74 Å². The minimum atomic E-state index is -0.675. The number of hydrogen-bond acceptors (Lipinski definition) is 5. The van der Waals surface area contributed by atoms with Crippen LogP contribution in [0.3, 0.4) is 0 Å². The van der Waals surface area contributed by atoms with Crippen LogP contribution in [0.1, 0.15) is 19.4 Å². The molecule has 0 heterocycles. The predicted molar refractivity (Wildman–Crippen MR) is 82.3 cm³/mol. The van der Waals surface area contributed by atoms with Gasteiger partial charge in [0, 0.05) is 24.9 Å². The SMILES string of the molecule is CC[NH+](CC)CCN(C)Cc1cc(OC)c([O-])c([N+](=O)[O-])c1. The highest BCUT2D eigenvalue weighted by Gasteiger charge is 2.15. The van der Waals surface area contributed by atoms with Crippen LogP contribution < -0.4 is 14.7 Å². The molecule has 0 aliphatic rings. The molecule has 124 valence electrons. The maximum absolute atomic E-state index is 11.8. The van der Waals surface area contributed by atoms with E-state index in [9.17, 15) is 15.2 Å². The van der Waals surface area contributed by atoms with Gasteiger partial charge in [0.05, 0.1) is 31.7 Å². The summed E-state index contributed by atoms with van der Waals surface area (Å²) in [4.78, 5) is 13.9. The lowest BCUT2D eigenvalue weighted by Crippen LogP contribution is -3.12. The topological polar surface area (TPSA) is 83.1 Å². The Morgan fingerprint density at radius 1 is 1.32 bits per heavy atom. The molecule has 0 saturated carbocycles. The Hall–Kier alpha value is -1.86. The van der Waals surface area contributed by atoms with Crippen LogP contribution in [0.2, 0.25) is 0 Å². The molecule has 7 heteroatoms. The van der Waals surface area contributed by atoms with Crippen molar-refractivity contribution in [2.45, 2.75) is 20.4 Å². The highest BCUT2D eigenvalue weighted by molar-refractivity contribution is 5.56. The number of hydrogen-bond donors (Lipinski definition) is 1. The van der Waals surface area contributed by atoms with Crippen LogP contribution in [0.4, 0.5) is 5.69 Å². The number of rotatable bonds is 9. The largest absolute Gasteiger partial charge is 0.865 e. The number of quaternary nitrogens is 1. The summed E-state index contributed by atoms with van der Waals surface area (Å²) >= 11 is 0. The first-order chi connectivity index (χ1) is 10.4. The third-order valence-electron chi connectivity index (χ3n) is 3.81. The molecule has 0 aromatic heterocycles. The average molecular weight is 311 g/mol. The van der Waals surface area contributed by atoms with Crippen molar-refractivity contribution in [3.8, 4) is 11.5 Å². The van der Waals surface area contributed by atoms with Crippen molar-refractivity contribution in [1.82, 2.24) is 4.90 Å². The lowest BCUT2D eigenvalue weighted by molar-refractivity contribution is -0.895. The zero-order chi connectivity index (χ0) is 16.7. The molecule has 0 spiro atoms. The van der Waals surface area contributed by atoms with Gasteiger partial charge in [-0.3, -0.25) is 15.0 Å². The summed E-state index contributed by atoms with van der Waals surface area (Å²) in [6.07, 6.45) is 0. The number of nitrogens with one attached hydrogen (secondary N) is 1. The molecule has 0 saturated heterocycles. The number of likely N-dealkylation sites (N-methyl/N-ethyl adjacent to an activating group) is 2. The Balaban J connectivity index is 2.80. The monoisotopic (exact) mass is 311 g/mol. The Morgan fingerprint density at radius 3 is 2.45 bits per heavy atom. The second-order valence-electron chi connectivity index (χ2n) is 5.35. The fraction of sp³-hybridized carbons (Fsp3) is 0.600. The first kappa shape index (κ1) is 18.2. The van der Waals surface area contributed by atoms with E-state index in [1.807, 2.05) is 7.05 Å². The second-order valence-corrected chi connectivity index (χ2v) is 5.35. The fourth-order valence-electron chi connectivity index (χ4n) is 2.36. The van der Waals surface area contributed by atoms with Gasteiger partial charge in [-0.05, 0) is 32.5 Å². The highest BCUT2D eigenvalue weighted by atomic mass is 16.6. The first-order valence-electron chi connectivity index (χ1n) is 7.47. The van der Waals surface area contributed by atoms with E-state index in [2.05, 4.69) is 18.7 Å². The highest BCUT2D eigenvalue weighted by Crippen LogP contribution is 2.34. The van der Waals surface area contributed by atoms with Crippen molar-refractivity contribution in [2.75, 3.05) is 40.3 Å². The van der Waals surface area contributed by atoms with E-state index >= 15 is 0 Å². The summed E-state index contributed by atoms with van der Waals surface area (Å²) in [5, 5.41) is 22.7. The summed E-state index contributed by atoms with van der Waals surface area (Å²) in [6.45, 7) is 8.90. The molecule has 0 unspecified atom stereocenters. The number of benzene rings is 1. The summed E-state index contributed by atoms with van der Waals surface area (Å²) < 4.78 is 4.95. The van der Waals surface area contributed by atoms with Gasteiger partial charge in [-0.25, -0.2) is 0 Å². The van der Waals surface area contributed by atoms with Gasteiger partial charge in [0.25, 0.3) is 5.69 Å². The van der Waals surface area contributed by atoms with Crippen molar-refractivity contribution in [2.24, 2.45) is 0 Å². The Morgan fingerprint density at radius 2 is 1.95 bits per heavy atom. The molecule has 0 fully saturated rings. The Labute approximate surface area is 131 Å². The van der Waals surface area contributed by atoms with Crippen LogP contribution >= 0.6 is 0 Å². The van der Waals surface area contributed by atoms with Crippen molar-refractivity contribution in [3.05, 3.63) is 27.8 Å². The smallest absolute Gasteiger partial charge is 0.265 e. The Bertz CT molecular complexity index is 504. The molecule has 0 radical (unpaired) electrons. The average Bonchev–Trinajstić information content (AvgIpc) is 2.49. The van der Waals surface area contributed by atoms with E-state index in [-0.39, 0.29) is 5.75 Å². The van der Waals surface area contributed by atoms with Gasteiger partial charge >= 0.3 is 0 Å². The standard InChI is InChI=1S/C15H25N3O4/c1-5-17(6-2)8-7-16(3)11-12-9-13(18(20)21)15(19)14(10-12)22-4/h9-10,19H,5-8,11H2,1-4H3. The number of methoxy groups -OCH3 is 1. The molecule has 0 aliphatic heterocycles. The second kappa shape index (κ2) is 8.55. The van der Waals surface area contributed by atoms with E-state index < -0.39 is 16.4 Å². The van der Waals surface area contributed by atoms with Crippen molar-refractivity contribution in [3.63, 3.8) is 0 Å². The van der Waals surface area contributed by atoms with E-state index in [0.29, 0.717) is 12.1 Å². The van der Waals surface area contributed by atoms with Crippen molar-refractivity contribution >= 4 is 5.69 Å². The lowest BCUT2D eigenvalue weighted by atomic mass is 10.1. The molecule has 0 aliphatic carbocycles. The molecule has 1 N–H and O–H groups in total. The maximum atomic E-state index is 11.8. The fourth-order valence-corrected chi connectivity index (χ4v) is 2.36. The molecule has 1 aromatic rings. The normalized spacial score (nSPS) is 11.2. The van der Waals surface area contributed by atoms with Crippen LogP contribution in [0.5, 0.6) is 11.5 Å². The maximum Gasteiger partial charge on any atom is 0.265 e. The summed E-state index contributed by atoms with van der Waals surface area (Å²) in [5.74, 6) is -0.654. The molecular formula is C15H25N3O4. The zero-order valence-electron chi connectivity index (χ0n) is 13.7. The Kier molecular flexibility index (Phi) is 7.07. The number of nitro benzene ring substituents is 1. The summed E-state index contributed by atoms with van der Waals surface area (Å²) in [6, 6.07) is 2.92. The van der Waals surface area contributed by atoms with Gasteiger partial charge in [-0.2, -0.15) is 0 Å². The molecule has 22 heavy (non-hydrogen) atoms. The van der Waals surface area contributed by atoms with Gasteiger partial charge in [0.2, 0.25) is 0 Å². The third kappa shape index (κ3) is 4.85. The molecule has 0 bridgehead atoms. The minimum absolute atomic E-state index is 0.0203. The number of nitrogens with zero attached hydrogens (tertiary/aromatic N) is 2. The van der Waals surface area contributed by atoms with Crippen LogP contribution in [-0.2, 0) is 6.54 Å². The molecule has 0 atom stereocenters. The van der Waals surface area contributed by atoms with Crippen LogP contribution in [0, 0.1) is 10.1 Å². The molecule has 1 rings (SSSR count). The van der Waals surface area contributed by atoms with E-state index in [0.717, 1.165) is 26.2 Å². The van der Waals surface area contributed by atoms with Crippen molar-refractivity contribution < 1.29 is 19.7 Å². The van der Waals surface area contributed by atoms with Gasteiger partial charge in [0.15, 0.2) is 0 Å². The van der Waals surface area contributed by atoms with Crippen molar-refractivity contribution in [1.29, 1.82) is 0 Å². The lowest BCUT2D eigenvalue weighted by Gasteiger charge is -2.22. The number of ether oxygens (including phenoxy) is 1. The van der Waals surface area contributed by atoms with Crippen LogP contribution in [0.25, 0.3) is 0 Å². The molecule has 0 amide bonds. The minimum Gasteiger partial charge on any atom is -0.865 e. The van der Waals surface area contributed by atoms with Gasteiger partial charge in [0.1, 0.15) is 5.75 Å². The van der Waals surface area contributed by atoms with E-state index in [1.54, 1.807) is 6.07 Å². The van der Waals surface area contributed by atoms with Gasteiger partial charge in [-0.15, -0.1) is 0 Å². The molecule has 7 nitrogen and oxygen atoms in total. The van der Waals surface area contributed by atoms with E-state index in [1.165, 1.54) is 18.1 Å². The predicted octanol–water partition coefficient (Wildman–Crippen LogP) is 0.0335. The molecule has 1 aromatic carbocycles. The zero-order valence-corrected chi connectivity index (χ0v) is 13.7. The van der Waals surface area contributed by atoms with Gasteiger partial charge < -0.3 is 14.7 Å². The first-order valence-corrected chi connectivity index (χ1v) is 7.47. The van der Waals surface area contributed by atoms with Crippen LogP contribution in [-0.4, -0.2) is 50.2 Å². The summed E-state index contributed by atoms with van der Waals surface area (Å²) in [5.41, 5.74) is 0.275. The van der Waals surface area contributed by atoms with Crippen LogP contribution in [0.15, 0.2) is 12.1 Å². The van der Waals surface area contributed by atoms with Gasteiger partial charge in [-0.1, -0.05) is 0 Å². The quantitative estimate of drug-likeness (QED) is 0.514.